The Kier molecular flexibility index (Phi) is 4.20. The number of benzene rings is 1. The third-order valence-corrected chi connectivity index (χ3v) is 3.44. The number of carbonyl (C=O) groups excluding carboxylic acids is 1. The first-order valence-corrected chi connectivity index (χ1v) is 6.52. The van der Waals surface area contributed by atoms with E-state index in [9.17, 15) is 4.79 Å². The first-order valence-electron chi connectivity index (χ1n) is 6.52. The van der Waals surface area contributed by atoms with Crippen LogP contribution in [0.15, 0.2) is 24.3 Å². The molecule has 0 aliphatic carbocycles. The second-order valence-corrected chi connectivity index (χ2v) is 4.78. The number of hydrogen-bond acceptors (Lipinski definition) is 3. The number of amides is 1. The fraction of sp³-hybridized carbons (Fsp3) is 0.500. The van der Waals surface area contributed by atoms with Gasteiger partial charge >= 0.3 is 0 Å². The van der Waals surface area contributed by atoms with E-state index in [-0.39, 0.29) is 11.9 Å². The van der Waals surface area contributed by atoms with Crippen LogP contribution in [0.3, 0.4) is 0 Å². The second-order valence-electron chi connectivity index (χ2n) is 4.78. The molecule has 2 rings (SSSR count). The standard InChI is InChI=1S/C14H21N3O/c1-16-12-6-4-5-11(9-12)13(15)10-17-8-3-2-7-14(17)18/h4-6,9,13,16H,2-3,7-8,10,15H2,1H3. The second kappa shape index (κ2) is 5.87. The maximum Gasteiger partial charge on any atom is 0.222 e. The van der Waals surface area contributed by atoms with Crippen LogP contribution in [-0.2, 0) is 4.79 Å². The highest BCUT2D eigenvalue weighted by molar-refractivity contribution is 5.76. The molecule has 98 valence electrons. The molecule has 18 heavy (non-hydrogen) atoms. The van der Waals surface area contributed by atoms with Gasteiger partial charge in [0, 0.05) is 38.3 Å². The van der Waals surface area contributed by atoms with Crippen molar-refractivity contribution in [2.24, 2.45) is 5.73 Å². The van der Waals surface area contributed by atoms with Gasteiger partial charge in [-0.15, -0.1) is 0 Å². The summed E-state index contributed by atoms with van der Waals surface area (Å²) in [6.45, 7) is 1.46. The average molecular weight is 247 g/mol. The van der Waals surface area contributed by atoms with Crippen molar-refractivity contribution in [2.45, 2.75) is 25.3 Å². The van der Waals surface area contributed by atoms with E-state index in [1.54, 1.807) is 0 Å². The molecule has 1 aliphatic heterocycles. The average Bonchev–Trinajstić information content (AvgIpc) is 2.41. The number of piperidine rings is 1. The molecule has 4 heteroatoms. The van der Waals surface area contributed by atoms with Gasteiger partial charge in [0.15, 0.2) is 0 Å². The van der Waals surface area contributed by atoms with Crippen molar-refractivity contribution in [1.29, 1.82) is 0 Å². The van der Waals surface area contributed by atoms with Crippen molar-refractivity contribution >= 4 is 11.6 Å². The summed E-state index contributed by atoms with van der Waals surface area (Å²) in [4.78, 5) is 13.6. The predicted molar refractivity (Wildman–Crippen MR) is 73.3 cm³/mol. The molecule has 0 spiro atoms. The molecule has 1 amide bonds. The van der Waals surface area contributed by atoms with Crippen LogP contribution in [0.2, 0.25) is 0 Å². The van der Waals surface area contributed by atoms with Crippen molar-refractivity contribution in [2.75, 3.05) is 25.5 Å². The number of rotatable bonds is 4. The van der Waals surface area contributed by atoms with E-state index in [0.29, 0.717) is 13.0 Å². The van der Waals surface area contributed by atoms with Gasteiger partial charge in [-0.3, -0.25) is 4.79 Å². The molecule has 1 aromatic rings. The number of anilines is 1. The first kappa shape index (κ1) is 12.9. The Morgan fingerprint density at radius 2 is 2.28 bits per heavy atom. The molecule has 3 N–H and O–H groups in total. The highest BCUT2D eigenvalue weighted by atomic mass is 16.2. The van der Waals surface area contributed by atoms with Crippen LogP contribution in [0, 0.1) is 0 Å². The summed E-state index contributed by atoms with van der Waals surface area (Å²) in [5, 5.41) is 3.10. The third-order valence-electron chi connectivity index (χ3n) is 3.44. The summed E-state index contributed by atoms with van der Waals surface area (Å²) < 4.78 is 0. The Hall–Kier alpha value is -1.55. The van der Waals surface area contributed by atoms with E-state index in [0.717, 1.165) is 30.6 Å². The number of nitrogens with one attached hydrogen (secondary N) is 1. The molecule has 1 heterocycles. The summed E-state index contributed by atoms with van der Waals surface area (Å²) in [5.74, 6) is 0.237. The van der Waals surface area contributed by atoms with E-state index < -0.39 is 0 Å². The summed E-state index contributed by atoms with van der Waals surface area (Å²) in [5.41, 5.74) is 8.31. The normalized spacial score (nSPS) is 17.7. The van der Waals surface area contributed by atoms with Gasteiger partial charge in [-0.1, -0.05) is 12.1 Å². The van der Waals surface area contributed by atoms with Crippen molar-refractivity contribution in [3.05, 3.63) is 29.8 Å². The van der Waals surface area contributed by atoms with Gasteiger partial charge in [0.05, 0.1) is 0 Å². The summed E-state index contributed by atoms with van der Waals surface area (Å²) in [6, 6.07) is 7.93. The highest BCUT2D eigenvalue weighted by Gasteiger charge is 2.20. The molecule has 1 atom stereocenters. The Bertz CT molecular complexity index is 419. The lowest BCUT2D eigenvalue weighted by Crippen LogP contribution is -2.40. The van der Waals surface area contributed by atoms with Crippen LogP contribution in [0.25, 0.3) is 0 Å². The molecule has 0 aromatic heterocycles. The maximum atomic E-state index is 11.7. The van der Waals surface area contributed by atoms with Gasteiger partial charge in [0.2, 0.25) is 5.91 Å². The first-order chi connectivity index (χ1) is 8.70. The quantitative estimate of drug-likeness (QED) is 0.852. The van der Waals surface area contributed by atoms with Crippen LogP contribution in [0.1, 0.15) is 30.9 Å². The smallest absolute Gasteiger partial charge is 0.222 e. The molecule has 1 saturated heterocycles. The van der Waals surface area contributed by atoms with E-state index in [4.69, 9.17) is 5.73 Å². The Balaban J connectivity index is 2.01. The fourth-order valence-electron chi connectivity index (χ4n) is 2.32. The Morgan fingerprint density at radius 1 is 1.44 bits per heavy atom. The Morgan fingerprint density at radius 3 is 3.00 bits per heavy atom. The molecular weight excluding hydrogens is 226 g/mol. The zero-order valence-corrected chi connectivity index (χ0v) is 10.9. The van der Waals surface area contributed by atoms with E-state index in [1.807, 2.05) is 36.2 Å². The van der Waals surface area contributed by atoms with Crippen molar-refractivity contribution in [3.8, 4) is 0 Å². The van der Waals surface area contributed by atoms with Gasteiger partial charge in [-0.2, -0.15) is 0 Å². The number of hydrogen-bond donors (Lipinski definition) is 2. The summed E-state index contributed by atoms with van der Waals surface area (Å²) in [7, 11) is 1.89. The van der Waals surface area contributed by atoms with E-state index >= 15 is 0 Å². The van der Waals surface area contributed by atoms with Crippen LogP contribution in [0.5, 0.6) is 0 Å². The SMILES string of the molecule is CNc1cccc(C(N)CN2CCCCC2=O)c1. The van der Waals surface area contributed by atoms with Gasteiger partial charge < -0.3 is 16.0 Å². The largest absolute Gasteiger partial charge is 0.388 e. The Labute approximate surface area is 108 Å². The predicted octanol–water partition coefficient (Wildman–Crippen LogP) is 1.74. The van der Waals surface area contributed by atoms with Crippen molar-refractivity contribution < 1.29 is 4.79 Å². The third kappa shape index (κ3) is 3.01. The van der Waals surface area contributed by atoms with Gasteiger partial charge in [-0.05, 0) is 30.5 Å². The minimum Gasteiger partial charge on any atom is -0.388 e. The molecule has 0 radical (unpaired) electrons. The molecule has 1 unspecified atom stereocenters. The van der Waals surface area contributed by atoms with Crippen LogP contribution in [0.4, 0.5) is 5.69 Å². The van der Waals surface area contributed by atoms with E-state index in [2.05, 4.69) is 5.32 Å². The van der Waals surface area contributed by atoms with Gasteiger partial charge in [-0.25, -0.2) is 0 Å². The zero-order valence-electron chi connectivity index (χ0n) is 10.9. The van der Waals surface area contributed by atoms with Crippen molar-refractivity contribution in [1.82, 2.24) is 4.90 Å². The highest BCUT2D eigenvalue weighted by Crippen LogP contribution is 2.19. The van der Waals surface area contributed by atoms with Crippen LogP contribution >= 0.6 is 0 Å². The molecule has 1 fully saturated rings. The topological polar surface area (TPSA) is 58.4 Å². The molecule has 0 bridgehead atoms. The lowest BCUT2D eigenvalue weighted by Gasteiger charge is -2.29. The van der Waals surface area contributed by atoms with Crippen LogP contribution < -0.4 is 11.1 Å². The molecule has 1 aromatic carbocycles. The minimum atomic E-state index is -0.111. The van der Waals surface area contributed by atoms with E-state index in [1.165, 1.54) is 0 Å². The summed E-state index contributed by atoms with van der Waals surface area (Å²) >= 11 is 0. The minimum absolute atomic E-state index is 0.111. The van der Waals surface area contributed by atoms with Crippen LogP contribution in [-0.4, -0.2) is 30.9 Å². The number of carbonyl (C=O) groups is 1. The number of nitrogens with zero attached hydrogens (tertiary/aromatic N) is 1. The monoisotopic (exact) mass is 247 g/mol. The van der Waals surface area contributed by atoms with Gasteiger partial charge in [0.1, 0.15) is 0 Å². The molecule has 4 nitrogen and oxygen atoms in total. The maximum absolute atomic E-state index is 11.7. The molecule has 0 saturated carbocycles. The lowest BCUT2D eigenvalue weighted by atomic mass is 10.0. The number of nitrogens with two attached hydrogens (primary N) is 1. The van der Waals surface area contributed by atoms with Crippen molar-refractivity contribution in [3.63, 3.8) is 0 Å². The summed E-state index contributed by atoms with van der Waals surface area (Å²) in [6.07, 6.45) is 2.78. The zero-order chi connectivity index (χ0) is 13.0. The fourth-order valence-corrected chi connectivity index (χ4v) is 2.32. The molecule has 1 aliphatic rings. The van der Waals surface area contributed by atoms with Gasteiger partial charge in [0.25, 0.3) is 0 Å². The molecular formula is C14H21N3O. The number of likely N-dealkylation sites (tertiary alicyclic amines) is 1. The lowest BCUT2D eigenvalue weighted by molar-refractivity contribution is -0.133.